The fraction of sp³-hybridized carbons (Fsp3) is 0.429. The van der Waals surface area contributed by atoms with Gasteiger partial charge in [-0.1, -0.05) is 36.9 Å². The Morgan fingerprint density at radius 1 is 1.24 bits per heavy atom. The lowest BCUT2D eigenvalue weighted by atomic mass is 10.2. The van der Waals surface area contributed by atoms with Crippen molar-refractivity contribution in [2.75, 3.05) is 12.3 Å². The summed E-state index contributed by atoms with van der Waals surface area (Å²) in [5.41, 5.74) is 1.84. The molecule has 0 fully saturated rings. The van der Waals surface area contributed by atoms with Crippen LogP contribution in [0.25, 0.3) is 16.7 Å². The standard InChI is InChI=1S/C21H25N5O2S/c1-3-13-25-19(28)16-11-7-8-12-17(16)26-20(25)22-23-21(26)29-14-18(27)24(4-2)15-9-5-6-10-15/h7-9,11-12H,3-6,10,13-14H2,1-2H3. The molecule has 0 saturated heterocycles. The highest BCUT2D eigenvalue weighted by Crippen LogP contribution is 2.25. The molecule has 8 heteroatoms. The fourth-order valence-corrected chi connectivity index (χ4v) is 4.71. The molecule has 0 unspecified atom stereocenters. The van der Waals surface area contributed by atoms with Gasteiger partial charge in [0.2, 0.25) is 11.7 Å². The molecule has 2 aromatic heterocycles. The summed E-state index contributed by atoms with van der Waals surface area (Å²) in [6.45, 7) is 5.28. The highest BCUT2D eigenvalue weighted by Gasteiger charge is 2.21. The number of carbonyl (C=O) groups is 1. The highest BCUT2D eigenvalue weighted by atomic mass is 32.2. The quantitative estimate of drug-likeness (QED) is 0.557. The Labute approximate surface area is 173 Å². The van der Waals surface area contributed by atoms with Gasteiger partial charge in [-0.2, -0.15) is 0 Å². The molecule has 1 amide bonds. The number of benzene rings is 1. The number of rotatable bonds is 7. The number of para-hydroxylation sites is 1. The van der Waals surface area contributed by atoms with Crippen molar-refractivity contribution in [1.29, 1.82) is 0 Å². The molecule has 1 aliphatic carbocycles. The van der Waals surface area contributed by atoms with Gasteiger partial charge in [0.1, 0.15) is 0 Å². The molecular formula is C21H25N5O2S. The summed E-state index contributed by atoms with van der Waals surface area (Å²) in [5, 5.41) is 9.86. The normalized spacial score (nSPS) is 13.9. The van der Waals surface area contributed by atoms with E-state index in [2.05, 4.69) is 16.3 Å². The van der Waals surface area contributed by atoms with Crippen LogP contribution in [-0.4, -0.2) is 42.3 Å². The third-order valence-electron chi connectivity index (χ3n) is 5.23. The molecular weight excluding hydrogens is 386 g/mol. The molecule has 2 heterocycles. The molecule has 1 aromatic carbocycles. The monoisotopic (exact) mass is 411 g/mol. The first kappa shape index (κ1) is 19.7. The van der Waals surface area contributed by atoms with Gasteiger partial charge in [-0.25, -0.2) is 0 Å². The molecule has 0 aliphatic heterocycles. The van der Waals surface area contributed by atoms with Gasteiger partial charge in [0.15, 0.2) is 5.16 Å². The summed E-state index contributed by atoms with van der Waals surface area (Å²) < 4.78 is 3.57. The molecule has 29 heavy (non-hydrogen) atoms. The Morgan fingerprint density at radius 2 is 2.07 bits per heavy atom. The minimum absolute atomic E-state index is 0.0553. The largest absolute Gasteiger partial charge is 0.316 e. The van der Waals surface area contributed by atoms with Crippen molar-refractivity contribution < 1.29 is 4.79 Å². The molecule has 3 aromatic rings. The minimum atomic E-state index is -0.0553. The molecule has 0 bridgehead atoms. The number of hydrogen-bond donors (Lipinski definition) is 0. The molecule has 4 rings (SSSR count). The number of nitrogens with zero attached hydrogens (tertiary/aromatic N) is 5. The van der Waals surface area contributed by atoms with E-state index >= 15 is 0 Å². The maximum absolute atomic E-state index is 12.9. The maximum atomic E-state index is 12.9. The van der Waals surface area contributed by atoms with Gasteiger partial charge in [-0.3, -0.25) is 18.6 Å². The third kappa shape index (κ3) is 3.57. The Balaban J connectivity index is 1.70. The number of thioether (sulfide) groups is 1. The van der Waals surface area contributed by atoms with E-state index in [1.807, 2.05) is 47.4 Å². The van der Waals surface area contributed by atoms with E-state index in [4.69, 9.17) is 0 Å². The van der Waals surface area contributed by atoms with E-state index in [1.165, 1.54) is 11.8 Å². The number of aryl methyl sites for hydroxylation is 1. The van der Waals surface area contributed by atoms with Crippen molar-refractivity contribution in [3.63, 3.8) is 0 Å². The second-order valence-corrected chi connectivity index (χ2v) is 8.05. The summed E-state index contributed by atoms with van der Waals surface area (Å²) >= 11 is 1.37. The summed E-state index contributed by atoms with van der Waals surface area (Å²) in [5.74, 6) is 0.887. The van der Waals surface area contributed by atoms with Gasteiger partial charge in [0.25, 0.3) is 5.56 Å². The average Bonchev–Trinajstić information content (AvgIpc) is 3.40. The van der Waals surface area contributed by atoms with Crippen LogP contribution in [0.4, 0.5) is 0 Å². The first-order valence-corrected chi connectivity index (χ1v) is 11.1. The van der Waals surface area contributed by atoms with E-state index < -0.39 is 0 Å². The number of allylic oxidation sites excluding steroid dienone is 2. The van der Waals surface area contributed by atoms with E-state index in [1.54, 1.807) is 4.57 Å². The molecule has 152 valence electrons. The van der Waals surface area contributed by atoms with Gasteiger partial charge in [0, 0.05) is 18.8 Å². The Hall–Kier alpha value is -2.61. The Kier molecular flexibility index (Phi) is 5.71. The van der Waals surface area contributed by atoms with Crippen LogP contribution < -0.4 is 5.56 Å². The number of fused-ring (bicyclic) bond motifs is 3. The van der Waals surface area contributed by atoms with Gasteiger partial charge in [-0.05, 0) is 44.7 Å². The second kappa shape index (κ2) is 8.41. The van der Waals surface area contributed by atoms with Crippen LogP contribution >= 0.6 is 11.8 Å². The van der Waals surface area contributed by atoms with Crippen LogP contribution in [0.5, 0.6) is 0 Å². The predicted molar refractivity (Wildman–Crippen MR) is 115 cm³/mol. The van der Waals surface area contributed by atoms with Crippen molar-refractivity contribution in [3.05, 3.63) is 46.4 Å². The zero-order valence-corrected chi connectivity index (χ0v) is 17.6. The third-order valence-corrected chi connectivity index (χ3v) is 6.14. The second-order valence-electron chi connectivity index (χ2n) is 7.11. The SMILES string of the molecule is CCCn1c(=O)c2ccccc2n2c(SCC(=O)N(CC)C3=CCCC3)nnc12. The summed E-state index contributed by atoms with van der Waals surface area (Å²) in [6.07, 6.45) is 6.11. The molecule has 0 atom stereocenters. The van der Waals surface area contributed by atoms with Crippen LogP contribution in [0, 0.1) is 0 Å². The lowest BCUT2D eigenvalue weighted by molar-refractivity contribution is -0.126. The lowest BCUT2D eigenvalue weighted by Crippen LogP contribution is -2.31. The Bertz CT molecular complexity index is 1150. The molecule has 7 nitrogen and oxygen atoms in total. The average molecular weight is 412 g/mol. The predicted octanol–water partition coefficient (Wildman–Crippen LogP) is 3.46. The first-order chi connectivity index (χ1) is 14.2. The number of amides is 1. The summed E-state index contributed by atoms with van der Waals surface area (Å²) in [6, 6.07) is 7.49. The van der Waals surface area contributed by atoms with Gasteiger partial charge >= 0.3 is 0 Å². The summed E-state index contributed by atoms with van der Waals surface area (Å²) in [4.78, 5) is 27.6. The first-order valence-electron chi connectivity index (χ1n) is 10.1. The molecule has 0 spiro atoms. The molecule has 1 aliphatic rings. The van der Waals surface area contributed by atoms with Crippen LogP contribution in [0.15, 0.2) is 46.0 Å². The van der Waals surface area contributed by atoms with Crippen LogP contribution in [-0.2, 0) is 11.3 Å². The van der Waals surface area contributed by atoms with Crippen LogP contribution in [0.3, 0.4) is 0 Å². The van der Waals surface area contributed by atoms with Crippen LogP contribution in [0.1, 0.15) is 39.5 Å². The molecule has 0 radical (unpaired) electrons. The van der Waals surface area contributed by atoms with E-state index in [9.17, 15) is 9.59 Å². The topological polar surface area (TPSA) is 72.5 Å². The van der Waals surface area contributed by atoms with Gasteiger partial charge < -0.3 is 4.90 Å². The zero-order valence-electron chi connectivity index (χ0n) is 16.8. The fourth-order valence-electron chi connectivity index (χ4n) is 3.90. The van der Waals surface area contributed by atoms with Crippen molar-refractivity contribution >= 4 is 34.3 Å². The van der Waals surface area contributed by atoms with Crippen molar-refractivity contribution in [2.24, 2.45) is 0 Å². The van der Waals surface area contributed by atoms with E-state index in [0.29, 0.717) is 29.4 Å². The number of aromatic nitrogens is 4. The highest BCUT2D eigenvalue weighted by molar-refractivity contribution is 7.99. The van der Waals surface area contributed by atoms with E-state index in [-0.39, 0.29) is 17.2 Å². The molecule has 0 N–H and O–H groups in total. The number of hydrogen-bond acceptors (Lipinski definition) is 5. The van der Waals surface area contributed by atoms with Crippen molar-refractivity contribution in [1.82, 2.24) is 24.1 Å². The van der Waals surface area contributed by atoms with Gasteiger partial charge in [0.05, 0.1) is 16.7 Å². The van der Waals surface area contributed by atoms with Crippen LogP contribution in [0.2, 0.25) is 0 Å². The molecule has 0 saturated carbocycles. The zero-order chi connectivity index (χ0) is 20.4. The van der Waals surface area contributed by atoms with Crippen molar-refractivity contribution in [2.45, 2.75) is 51.2 Å². The summed E-state index contributed by atoms with van der Waals surface area (Å²) in [7, 11) is 0. The Morgan fingerprint density at radius 3 is 2.79 bits per heavy atom. The van der Waals surface area contributed by atoms with Gasteiger partial charge in [-0.15, -0.1) is 10.2 Å². The maximum Gasteiger partial charge on any atom is 0.262 e. The smallest absolute Gasteiger partial charge is 0.262 e. The van der Waals surface area contributed by atoms with Crippen molar-refractivity contribution in [3.8, 4) is 0 Å². The lowest BCUT2D eigenvalue weighted by Gasteiger charge is -2.22. The number of carbonyl (C=O) groups excluding carboxylic acids is 1. The minimum Gasteiger partial charge on any atom is -0.316 e. The van der Waals surface area contributed by atoms with E-state index in [0.717, 1.165) is 36.9 Å².